The van der Waals surface area contributed by atoms with Crippen LogP contribution in [0.2, 0.25) is 0 Å². The SMILES string of the molecule is COC(=O)C1(C(=O)OC)C[C@@]2(C)OC(=O)[C@]23CCC[C@H]13. The predicted molar refractivity (Wildman–Crippen MR) is 65.4 cm³/mol. The first-order chi connectivity index (χ1) is 9.39. The van der Waals surface area contributed by atoms with E-state index in [1.807, 2.05) is 0 Å². The Labute approximate surface area is 116 Å². The Kier molecular flexibility index (Phi) is 2.50. The molecule has 3 aliphatic rings. The fourth-order valence-corrected chi connectivity index (χ4v) is 4.83. The largest absolute Gasteiger partial charge is 0.468 e. The van der Waals surface area contributed by atoms with Crippen molar-refractivity contribution in [3.8, 4) is 0 Å². The molecule has 0 bridgehead atoms. The van der Waals surface area contributed by atoms with Crippen molar-refractivity contribution in [2.75, 3.05) is 14.2 Å². The molecule has 110 valence electrons. The Hall–Kier alpha value is -1.59. The maximum atomic E-state index is 12.4. The minimum absolute atomic E-state index is 0.149. The summed E-state index contributed by atoms with van der Waals surface area (Å²) >= 11 is 0. The van der Waals surface area contributed by atoms with Crippen LogP contribution in [0.4, 0.5) is 0 Å². The molecule has 3 fully saturated rings. The summed E-state index contributed by atoms with van der Waals surface area (Å²) in [6, 6.07) is 0. The first-order valence-electron chi connectivity index (χ1n) is 6.79. The summed E-state index contributed by atoms with van der Waals surface area (Å²) in [4.78, 5) is 36.8. The molecule has 6 heteroatoms. The molecule has 0 unspecified atom stereocenters. The molecular formula is C14H18O6. The van der Waals surface area contributed by atoms with Gasteiger partial charge in [0, 0.05) is 12.3 Å². The highest BCUT2D eigenvalue weighted by atomic mass is 16.6. The minimum Gasteiger partial charge on any atom is -0.468 e. The Balaban J connectivity index is 2.16. The monoisotopic (exact) mass is 282 g/mol. The van der Waals surface area contributed by atoms with Crippen LogP contribution in [0.15, 0.2) is 0 Å². The Morgan fingerprint density at radius 1 is 1.25 bits per heavy atom. The fraction of sp³-hybridized carbons (Fsp3) is 0.786. The van der Waals surface area contributed by atoms with Crippen molar-refractivity contribution in [2.24, 2.45) is 16.7 Å². The summed E-state index contributed by atoms with van der Waals surface area (Å²) in [6.07, 6.45) is 2.23. The van der Waals surface area contributed by atoms with Crippen molar-refractivity contribution in [3.05, 3.63) is 0 Å². The van der Waals surface area contributed by atoms with Crippen molar-refractivity contribution in [1.82, 2.24) is 0 Å². The highest BCUT2D eigenvalue weighted by molar-refractivity contribution is 6.04. The number of esters is 3. The van der Waals surface area contributed by atoms with Gasteiger partial charge in [0.25, 0.3) is 0 Å². The summed E-state index contributed by atoms with van der Waals surface area (Å²) < 4.78 is 15.1. The number of hydrogen-bond donors (Lipinski definition) is 0. The molecular weight excluding hydrogens is 264 g/mol. The zero-order valence-corrected chi connectivity index (χ0v) is 11.9. The third-order valence-corrected chi connectivity index (χ3v) is 5.60. The number of rotatable bonds is 2. The maximum Gasteiger partial charge on any atom is 0.323 e. The molecule has 1 heterocycles. The van der Waals surface area contributed by atoms with Crippen molar-refractivity contribution in [1.29, 1.82) is 0 Å². The van der Waals surface area contributed by atoms with Gasteiger partial charge in [-0.05, 0) is 19.8 Å². The van der Waals surface area contributed by atoms with E-state index in [1.54, 1.807) is 6.92 Å². The second-order valence-electron chi connectivity index (χ2n) is 6.17. The van der Waals surface area contributed by atoms with E-state index >= 15 is 0 Å². The van der Waals surface area contributed by atoms with Gasteiger partial charge in [-0.15, -0.1) is 0 Å². The first kappa shape index (κ1) is 13.4. The van der Waals surface area contributed by atoms with E-state index in [0.29, 0.717) is 12.8 Å². The van der Waals surface area contributed by atoms with Crippen LogP contribution < -0.4 is 0 Å². The third kappa shape index (κ3) is 1.10. The van der Waals surface area contributed by atoms with E-state index in [1.165, 1.54) is 14.2 Å². The van der Waals surface area contributed by atoms with Crippen LogP contribution >= 0.6 is 0 Å². The van der Waals surface area contributed by atoms with Crippen molar-refractivity contribution in [2.45, 2.75) is 38.2 Å². The predicted octanol–water partition coefficient (Wildman–Crippen LogP) is 0.824. The smallest absolute Gasteiger partial charge is 0.323 e. The Morgan fingerprint density at radius 2 is 1.85 bits per heavy atom. The molecule has 2 saturated carbocycles. The molecule has 0 aromatic rings. The highest BCUT2D eigenvalue weighted by Crippen LogP contribution is 2.73. The van der Waals surface area contributed by atoms with Gasteiger partial charge in [0.15, 0.2) is 5.41 Å². The molecule has 2 aliphatic carbocycles. The average molecular weight is 282 g/mol. The number of carbonyl (C=O) groups is 3. The molecule has 0 aromatic carbocycles. The van der Waals surface area contributed by atoms with Crippen LogP contribution in [0.5, 0.6) is 0 Å². The Morgan fingerprint density at radius 3 is 2.35 bits per heavy atom. The summed E-state index contributed by atoms with van der Waals surface area (Å²) in [5.74, 6) is -1.93. The molecule has 3 rings (SSSR count). The fourth-order valence-electron chi connectivity index (χ4n) is 4.83. The van der Waals surface area contributed by atoms with Crippen LogP contribution in [-0.2, 0) is 28.6 Å². The summed E-state index contributed by atoms with van der Waals surface area (Å²) in [5, 5.41) is 0. The van der Waals surface area contributed by atoms with Crippen LogP contribution in [0.3, 0.4) is 0 Å². The molecule has 0 radical (unpaired) electrons. The second kappa shape index (κ2) is 3.74. The molecule has 1 spiro atoms. The molecule has 0 aromatic heterocycles. The van der Waals surface area contributed by atoms with E-state index in [-0.39, 0.29) is 18.3 Å². The van der Waals surface area contributed by atoms with Gasteiger partial charge in [-0.2, -0.15) is 0 Å². The number of hydrogen-bond acceptors (Lipinski definition) is 6. The van der Waals surface area contributed by atoms with Crippen molar-refractivity contribution >= 4 is 17.9 Å². The van der Waals surface area contributed by atoms with Gasteiger partial charge in [0.1, 0.15) is 11.0 Å². The van der Waals surface area contributed by atoms with Gasteiger partial charge in [-0.25, -0.2) is 0 Å². The quantitative estimate of drug-likeness (QED) is 0.424. The van der Waals surface area contributed by atoms with Crippen LogP contribution in [0.25, 0.3) is 0 Å². The molecule has 0 amide bonds. The number of carbonyl (C=O) groups excluding carboxylic acids is 3. The molecule has 6 nitrogen and oxygen atoms in total. The standard InChI is InChI=1S/C14H18O6/c1-12-7-13(9(15)18-2,10(16)19-3)8-5-4-6-14(8,12)11(17)20-12/h8H,4-7H2,1-3H3/t8-,12-,14-/m1/s1. The van der Waals surface area contributed by atoms with E-state index < -0.39 is 28.4 Å². The third-order valence-electron chi connectivity index (χ3n) is 5.60. The van der Waals surface area contributed by atoms with E-state index in [4.69, 9.17) is 14.2 Å². The highest BCUT2D eigenvalue weighted by Gasteiger charge is 2.84. The van der Waals surface area contributed by atoms with E-state index in [9.17, 15) is 14.4 Å². The van der Waals surface area contributed by atoms with Gasteiger partial charge in [-0.1, -0.05) is 6.42 Å². The van der Waals surface area contributed by atoms with Gasteiger partial charge in [0.05, 0.1) is 14.2 Å². The zero-order chi connectivity index (χ0) is 14.8. The lowest BCUT2D eigenvalue weighted by Gasteiger charge is -2.50. The van der Waals surface area contributed by atoms with Crippen molar-refractivity contribution in [3.63, 3.8) is 0 Å². The zero-order valence-electron chi connectivity index (χ0n) is 11.9. The normalized spacial score (nSPS) is 40.1. The van der Waals surface area contributed by atoms with Crippen LogP contribution in [0, 0.1) is 16.7 Å². The van der Waals surface area contributed by atoms with Crippen molar-refractivity contribution < 1.29 is 28.6 Å². The maximum absolute atomic E-state index is 12.4. The van der Waals surface area contributed by atoms with Crippen LogP contribution in [-0.4, -0.2) is 37.7 Å². The van der Waals surface area contributed by atoms with Crippen LogP contribution in [0.1, 0.15) is 32.6 Å². The lowest BCUT2D eigenvalue weighted by molar-refractivity contribution is -0.233. The minimum atomic E-state index is -1.42. The lowest BCUT2D eigenvalue weighted by Crippen LogP contribution is -2.62. The Bertz CT molecular complexity index is 496. The second-order valence-corrected chi connectivity index (χ2v) is 6.17. The summed E-state index contributed by atoms with van der Waals surface area (Å²) in [5.41, 5.74) is -2.91. The first-order valence-corrected chi connectivity index (χ1v) is 6.79. The number of ether oxygens (including phenoxy) is 3. The molecule has 3 atom stereocenters. The van der Waals surface area contributed by atoms with E-state index in [2.05, 4.69) is 0 Å². The lowest BCUT2D eigenvalue weighted by atomic mass is 9.65. The van der Waals surface area contributed by atoms with Gasteiger partial charge in [-0.3, -0.25) is 14.4 Å². The molecule has 20 heavy (non-hydrogen) atoms. The molecule has 1 saturated heterocycles. The molecule has 1 aliphatic heterocycles. The van der Waals surface area contributed by atoms with Gasteiger partial charge < -0.3 is 14.2 Å². The van der Waals surface area contributed by atoms with E-state index in [0.717, 1.165) is 6.42 Å². The molecule has 0 N–H and O–H groups in total. The number of methoxy groups -OCH3 is 2. The average Bonchev–Trinajstić information content (AvgIpc) is 2.96. The van der Waals surface area contributed by atoms with Gasteiger partial charge in [0.2, 0.25) is 0 Å². The summed E-state index contributed by atoms with van der Waals surface area (Å²) in [6.45, 7) is 1.81. The van der Waals surface area contributed by atoms with Gasteiger partial charge >= 0.3 is 17.9 Å². The topological polar surface area (TPSA) is 78.9 Å². The summed E-state index contributed by atoms with van der Waals surface area (Å²) in [7, 11) is 2.50.